The second-order valence-corrected chi connectivity index (χ2v) is 8.14. The van der Waals surface area contributed by atoms with Crippen molar-refractivity contribution in [2.24, 2.45) is 0 Å². The van der Waals surface area contributed by atoms with Crippen LogP contribution in [0.1, 0.15) is 31.2 Å². The SMILES string of the molecule is CN1CCC(N(C)c2nc(NC3CC3)n3ncc(/C=C4\CC(=O)NC4=O)c3n2)C1. The summed E-state index contributed by atoms with van der Waals surface area (Å²) in [6.45, 7) is 2.02. The number of hydrogen-bond acceptors (Lipinski definition) is 8. The molecule has 152 valence electrons. The molecule has 0 radical (unpaired) electrons. The van der Waals surface area contributed by atoms with Crippen LogP contribution in [-0.4, -0.2) is 75.6 Å². The van der Waals surface area contributed by atoms with E-state index in [1.165, 1.54) is 0 Å². The third-order valence-electron chi connectivity index (χ3n) is 5.75. The maximum absolute atomic E-state index is 12.0. The maximum Gasteiger partial charge on any atom is 0.254 e. The number of hydrogen-bond donors (Lipinski definition) is 2. The summed E-state index contributed by atoms with van der Waals surface area (Å²) in [5.74, 6) is 0.649. The molecule has 4 heterocycles. The topological polar surface area (TPSA) is 108 Å². The van der Waals surface area contributed by atoms with Gasteiger partial charge in [0.05, 0.1) is 12.6 Å². The van der Waals surface area contributed by atoms with Crippen LogP contribution in [0.2, 0.25) is 0 Å². The lowest BCUT2D eigenvalue weighted by Crippen LogP contribution is -2.35. The highest BCUT2D eigenvalue weighted by Crippen LogP contribution is 2.27. The van der Waals surface area contributed by atoms with Crippen molar-refractivity contribution in [3.05, 3.63) is 17.3 Å². The Morgan fingerprint density at radius 1 is 1.28 bits per heavy atom. The average molecular weight is 396 g/mol. The number of imide groups is 1. The normalized spacial score (nSPS) is 23.9. The van der Waals surface area contributed by atoms with Crippen LogP contribution in [0, 0.1) is 0 Å². The zero-order valence-electron chi connectivity index (χ0n) is 16.6. The molecular weight excluding hydrogens is 372 g/mol. The molecule has 2 N–H and O–H groups in total. The predicted molar refractivity (Wildman–Crippen MR) is 107 cm³/mol. The summed E-state index contributed by atoms with van der Waals surface area (Å²) in [5.41, 5.74) is 1.74. The Kier molecular flexibility index (Phi) is 4.23. The van der Waals surface area contributed by atoms with Gasteiger partial charge in [-0.05, 0) is 38.9 Å². The summed E-state index contributed by atoms with van der Waals surface area (Å²) in [6, 6.07) is 0.757. The van der Waals surface area contributed by atoms with Crippen LogP contribution in [0.25, 0.3) is 11.7 Å². The monoisotopic (exact) mass is 396 g/mol. The second-order valence-electron chi connectivity index (χ2n) is 8.14. The largest absolute Gasteiger partial charge is 0.351 e. The molecule has 0 aromatic carbocycles. The van der Waals surface area contributed by atoms with Gasteiger partial charge >= 0.3 is 0 Å². The van der Waals surface area contributed by atoms with Gasteiger partial charge in [0.1, 0.15) is 0 Å². The van der Waals surface area contributed by atoms with Crippen molar-refractivity contribution in [3.8, 4) is 0 Å². The number of fused-ring (bicyclic) bond motifs is 1. The second kappa shape index (κ2) is 6.80. The smallest absolute Gasteiger partial charge is 0.254 e. The summed E-state index contributed by atoms with van der Waals surface area (Å²) >= 11 is 0. The Hall–Kier alpha value is -3.01. The number of nitrogens with zero attached hydrogens (tertiary/aromatic N) is 6. The number of likely N-dealkylation sites (N-methyl/N-ethyl adjacent to an activating group) is 2. The molecule has 10 heteroatoms. The van der Waals surface area contributed by atoms with Crippen LogP contribution < -0.4 is 15.5 Å². The van der Waals surface area contributed by atoms with Crippen molar-refractivity contribution >= 4 is 35.4 Å². The molecule has 1 atom stereocenters. The quantitative estimate of drug-likeness (QED) is 0.548. The number of amides is 2. The zero-order valence-corrected chi connectivity index (χ0v) is 16.6. The average Bonchev–Trinajstić information content (AvgIpc) is 3.09. The van der Waals surface area contributed by atoms with Crippen molar-refractivity contribution in [1.82, 2.24) is 29.8 Å². The van der Waals surface area contributed by atoms with Gasteiger partial charge in [-0.15, -0.1) is 0 Å². The number of anilines is 2. The van der Waals surface area contributed by atoms with E-state index in [-0.39, 0.29) is 18.2 Å². The summed E-state index contributed by atoms with van der Waals surface area (Å²) in [6.07, 6.45) is 6.73. The van der Waals surface area contributed by atoms with Gasteiger partial charge in [0.25, 0.3) is 5.91 Å². The molecule has 5 rings (SSSR count). The molecule has 2 saturated heterocycles. The van der Waals surface area contributed by atoms with Gasteiger partial charge in [0.15, 0.2) is 5.65 Å². The van der Waals surface area contributed by atoms with Crippen molar-refractivity contribution in [1.29, 1.82) is 0 Å². The minimum atomic E-state index is -0.355. The van der Waals surface area contributed by atoms with E-state index in [4.69, 9.17) is 9.97 Å². The van der Waals surface area contributed by atoms with E-state index in [9.17, 15) is 9.59 Å². The maximum atomic E-state index is 12.0. The van der Waals surface area contributed by atoms with Gasteiger partial charge in [0, 0.05) is 36.8 Å². The van der Waals surface area contributed by atoms with Gasteiger partial charge in [-0.2, -0.15) is 19.6 Å². The molecule has 1 saturated carbocycles. The highest BCUT2D eigenvalue weighted by Gasteiger charge is 2.29. The van der Waals surface area contributed by atoms with E-state index in [2.05, 4.69) is 32.6 Å². The minimum absolute atomic E-state index is 0.0790. The molecule has 1 unspecified atom stereocenters. The number of aromatic nitrogens is 4. The van der Waals surface area contributed by atoms with E-state index < -0.39 is 0 Å². The first kappa shape index (κ1) is 18.0. The van der Waals surface area contributed by atoms with Crippen LogP contribution in [0.15, 0.2) is 11.8 Å². The molecule has 1 aliphatic carbocycles. The number of nitrogens with one attached hydrogen (secondary N) is 2. The molecule has 2 aromatic rings. The lowest BCUT2D eigenvalue weighted by atomic mass is 10.1. The van der Waals surface area contributed by atoms with Crippen molar-refractivity contribution in [2.75, 3.05) is 37.4 Å². The van der Waals surface area contributed by atoms with Gasteiger partial charge < -0.3 is 15.1 Å². The summed E-state index contributed by atoms with van der Waals surface area (Å²) in [7, 11) is 4.14. The molecule has 3 aliphatic rings. The number of rotatable bonds is 5. The van der Waals surface area contributed by atoms with Crippen LogP contribution in [0.5, 0.6) is 0 Å². The van der Waals surface area contributed by atoms with Crippen LogP contribution in [0.3, 0.4) is 0 Å². The third-order valence-corrected chi connectivity index (χ3v) is 5.75. The molecule has 3 fully saturated rings. The van der Waals surface area contributed by atoms with Crippen LogP contribution in [-0.2, 0) is 9.59 Å². The van der Waals surface area contributed by atoms with Gasteiger partial charge in [0.2, 0.25) is 17.8 Å². The fraction of sp³-hybridized carbons (Fsp3) is 0.526. The first-order valence-electron chi connectivity index (χ1n) is 9.96. The van der Waals surface area contributed by atoms with E-state index in [0.29, 0.717) is 40.8 Å². The highest BCUT2D eigenvalue weighted by molar-refractivity contribution is 6.15. The van der Waals surface area contributed by atoms with E-state index in [0.717, 1.165) is 32.4 Å². The number of carbonyl (C=O) groups excluding carboxylic acids is 2. The van der Waals surface area contributed by atoms with Gasteiger partial charge in [-0.1, -0.05) is 0 Å². The molecule has 0 bridgehead atoms. The third kappa shape index (κ3) is 3.44. The molecule has 0 spiro atoms. The van der Waals surface area contributed by atoms with Crippen LogP contribution >= 0.6 is 0 Å². The summed E-state index contributed by atoms with van der Waals surface area (Å²) < 4.78 is 1.68. The Bertz CT molecular complexity index is 1020. The Morgan fingerprint density at radius 2 is 2.10 bits per heavy atom. The lowest BCUT2D eigenvalue weighted by Gasteiger charge is -2.25. The van der Waals surface area contributed by atoms with Gasteiger partial charge in [-0.3, -0.25) is 14.9 Å². The van der Waals surface area contributed by atoms with Crippen molar-refractivity contribution < 1.29 is 9.59 Å². The summed E-state index contributed by atoms with van der Waals surface area (Å²) in [5, 5.41) is 10.2. The summed E-state index contributed by atoms with van der Waals surface area (Å²) in [4.78, 5) is 37.4. The number of likely N-dealkylation sites (tertiary alicyclic amines) is 1. The zero-order chi connectivity index (χ0) is 20.1. The first-order valence-corrected chi connectivity index (χ1v) is 9.96. The molecule has 2 aromatic heterocycles. The number of carbonyl (C=O) groups is 2. The molecular formula is C19H24N8O2. The molecule has 29 heavy (non-hydrogen) atoms. The fourth-order valence-corrected chi connectivity index (χ4v) is 3.85. The standard InChI is InChI=1S/C19H24N8O2/c1-25-6-5-14(10-25)26(2)18-23-16-12(7-11-8-15(28)22-17(11)29)9-20-27(16)19(24-18)21-13-3-4-13/h7,9,13-14H,3-6,8,10H2,1-2H3,(H,21,23,24)(H,22,28,29)/b11-7+. The van der Waals surface area contributed by atoms with Crippen molar-refractivity contribution in [2.45, 2.75) is 37.8 Å². The fourth-order valence-electron chi connectivity index (χ4n) is 3.85. The molecule has 2 amide bonds. The Balaban J connectivity index is 1.56. The molecule has 2 aliphatic heterocycles. The minimum Gasteiger partial charge on any atom is -0.351 e. The van der Waals surface area contributed by atoms with E-state index >= 15 is 0 Å². The first-order chi connectivity index (χ1) is 14.0. The highest BCUT2D eigenvalue weighted by atomic mass is 16.2. The van der Waals surface area contributed by atoms with E-state index in [1.807, 2.05) is 7.05 Å². The lowest BCUT2D eigenvalue weighted by molar-refractivity contribution is -0.124. The van der Waals surface area contributed by atoms with E-state index in [1.54, 1.807) is 16.8 Å². The van der Waals surface area contributed by atoms with Gasteiger partial charge in [-0.25, -0.2) is 0 Å². The predicted octanol–water partition coefficient (Wildman–Crippen LogP) is 0.269. The molecule has 10 nitrogen and oxygen atoms in total. The Labute approximate surface area is 168 Å². The Morgan fingerprint density at radius 3 is 2.76 bits per heavy atom. The van der Waals surface area contributed by atoms with Crippen LogP contribution in [0.4, 0.5) is 11.9 Å². The van der Waals surface area contributed by atoms with Crippen molar-refractivity contribution in [3.63, 3.8) is 0 Å².